The number of hydrogen-bond acceptors (Lipinski definition) is 0. The van der Waals surface area contributed by atoms with Crippen LogP contribution in [0.1, 0.15) is 131 Å². The molecule has 0 saturated carbocycles. The lowest BCUT2D eigenvalue weighted by atomic mass is 9.90. The number of benzene rings is 1. The lowest BCUT2D eigenvalue weighted by Gasteiger charge is -2.15. The molecule has 0 radical (unpaired) electrons. The van der Waals surface area contributed by atoms with Crippen molar-refractivity contribution >= 4 is 6.08 Å². The molecule has 0 heteroatoms. The lowest BCUT2D eigenvalue weighted by molar-refractivity contribution is 0.527. The van der Waals surface area contributed by atoms with Crippen LogP contribution in [-0.2, 0) is 19.3 Å². The van der Waals surface area contributed by atoms with Crippen LogP contribution in [0.2, 0.25) is 0 Å². The van der Waals surface area contributed by atoms with Gasteiger partial charge in [0.05, 0.1) is 0 Å². The van der Waals surface area contributed by atoms with E-state index in [1.165, 1.54) is 134 Å². The Morgan fingerprint density at radius 3 is 1.43 bits per heavy atom. The number of rotatable bonds is 0. The van der Waals surface area contributed by atoms with Gasteiger partial charge in [-0.15, -0.1) is 0 Å². The minimum atomic E-state index is 1.18. The van der Waals surface area contributed by atoms with E-state index in [0.29, 0.717) is 0 Å². The molecule has 0 N–H and O–H groups in total. The van der Waals surface area contributed by atoms with Gasteiger partial charge in [0.15, 0.2) is 0 Å². The number of fused-ring (bicyclic) bond motifs is 3. The maximum absolute atomic E-state index is 2.46. The summed E-state index contributed by atoms with van der Waals surface area (Å²) in [5.74, 6) is 0. The third-order valence-corrected chi connectivity index (χ3v) is 7.06. The summed E-state index contributed by atoms with van der Waals surface area (Å²) in [6, 6.07) is 4.85. The number of allylic oxidation sites excluding steroid dienone is 1. The molecule has 0 nitrogen and oxygen atoms in total. The van der Waals surface area contributed by atoms with E-state index in [-0.39, 0.29) is 0 Å². The summed E-state index contributed by atoms with van der Waals surface area (Å²) in [7, 11) is 0. The van der Waals surface area contributed by atoms with Crippen molar-refractivity contribution in [2.24, 2.45) is 0 Å². The Labute approximate surface area is 175 Å². The van der Waals surface area contributed by atoms with Crippen LogP contribution in [0.15, 0.2) is 18.2 Å². The van der Waals surface area contributed by atoms with Crippen molar-refractivity contribution in [3.63, 3.8) is 0 Å². The van der Waals surface area contributed by atoms with Crippen LogP contribution in [0.4, 0.5) is 0 Å². The summed E-state index contributed by atoms with van der Waals surface area (Å²) in [5, 5.41) is 0. The molecule has 0 bridgehead atoms. The van der Waals surface area contributed by atoms with Crippen LogP contribution in [0.5, 0.6) is 0 Å². The van der Waals surface area contributed by atoms with Crippen molar-refractivity contribution in [3.8, 4) is 0 Å². The van der Waals surface area contributed by atoms with Gasteiger partial charge in [-0.05, 0) is 54.4 Å². The van der Waals surface area contributed by atoms with Crippen LogP contribution in [0.25, 0.3) is 6.08 Å². The first-order valence-corrected chi connectivity index (χ1v) is 12.8. The van der Waals surface area contributed by atoms with Gasteiger partial charge in [-0.3, -0.25) is 0 Å². The minimum Gasteiger partial charge on any atom is -0.0795 e. The summed E-state index contributed by atoms with van der Waals surface area (Å²) in [6.45, 7) is 0. The molecule has 0 spiro atoms. The SMILES string of the molecule is C1=Cc2ccc3c(c2C1)CCCCCCCCCCCCCCCCCCC3. The Morgan fingerprint density at radius 2 is 0.893 bits per heavy atom. The summed E-state index contributed by atoms with van der Waals surface area (Å²) in [6.07, 6.45) is 33.2. The fraction of sp³-hybridized carbons (Fsp3) is 0.714. The predicted molar refractivity (Wildman–Crippen MR) is 125 cm³/mol. The zero-order chi connectivity index (χ0) is 19.3. The molecule has 2 aliphatic rings. The van der Waals surface area contributed by atoms with Gasteiger partial charge in [0.25, 0.3) is 0 Å². The zero-order valence-electron chi connectivity index (χ0n) is 18.5. The van der Waals surface area contributed by atoms with Crippen LogP contribution in [-0.4, -0.2) is 0 Å². The molecule has 156 valence electrons. The Morgan fingerprint density at radius 1 is 0.429 bits per heavy atom. The molecule has 0 aromatic heterocycles. The molecule has 0 heterocycles. The summed E-state index contributed by atoms with van der Waals surface area (Å²) < 4.78 is 0. The fourth-order valence-electron chi connectivity index (χ4n) is 5.28. The second kappa shape index (κ2) is 13.2. The monoisotopic (exact) mass is 380 g/mol. The van der Waals surface area contributed by atoms with Crippen molar-refractivity contribution in [1.82, 2.24) is 0 Å². The smallest absolute Gasteiger partial charge is 0.00853 e. The molecule has 2 aliphatic carbocycles. The Kier molecular flexibility index (Phi) is 10.2. The van der Waals surface area contributed by atoms with Gasteiger partial charge in [0.1, 0.15) is 0 Å². The van der Waals surface area contributed by atoms with Crippen LogP contribution >= 0.6 is 0 Å². The van der Waals surface area contributed by atoms with Gasteiger partial charge in [0, 0.05) is 0 Å². The van der Waals surface area contributed by atoms with Gasteiger partial charge in [-0.25, -0.2) is 0 Å². The molecule has 0 amide bonds. The van der Waals surface area contributed by atoms with E-state index in [2.05, 4.69) is 24.3 Å². The Hall–Kier alpha value is -1.04. The third-order valence-electron chi connectivity index (χ3n) is 7.06. The van der Waals surface area contributed by atoms with E-state index < -0.39 is 0 Å². The summed E-state index contributed by atoms with van der Waals surface area (Å²) >= 11 is 0. The van der Waals surface area contributed by atoms with Crippen molar-refractivity contribution < 1.29 is 0 Å². The molecule has 0 fully saturated rings. The topological polar surface area (TPSA) is 0 Å². The maximum atomic E-state index is 2.46. The van der Waals surface area contributed by atoms with Gasteiger partial charge < -0.3 is 0 Å². The van der Waals surface area contributed by atoms with Gasteiger partial charge in [-0.2, -0.15) is 0 Å². The molecule has 0 unspecified atom stereocenters. The van der Waals surface area contributed by atoms with E-state index in [1.807, 2.05) is 0 Å². The Bertz CT molecular complexity index is 580. The van der Waals surface area contributed by atoms with Crippen molar-refractivity contribution in [2.75, 3.05) is 0 Å². The van der Waals surface area contributed by atoms with E-state index in [0.717, 1.165) is 0 Å². The average molecular weight is 381 g/mol. The molecule has 1 aromatic rings. The highest BCUT2D eigenvalue weighted by molar-refractivity contribution is 5.63. The first kappa shape index (κ1) is 21.7. The maximum Gasteiger partial charge on any atom is -0.00853 e. The van der Waals surface area contributed by atoms with E-state index in [9.17, 15) is 0 Å². The molecular weight excluding hydrogens is 336 g/mol. The molecule has 3 rings (SSSR count). The highest BCUT2D eigenvalue weighted by Gasteiger charge is 2.14. The predicted octanol–water partition coefficient (Wildman–Crippen LogP) is 8.99. The largest absolute Gasteiger partial charge is 0.0795 e. The number of hydrogen-bond donors (Lipinski definition) is 0. The number of aryl methyl sites for hydroxylation is 1. The average Bonchev–Trinajstić information content (AvgIpc) is 3.19. The lowest BCUT2D eigenvalue weighted by Crippen LogP contribution is -2.01. The molecule has 28 heavy (non-hydrogen) atoms. The summed E-state index contributed by atoms with van der Waals surface area (Å²) in [4.78, 5) is 0. The highest BCUT2D eigenvalue weighted by atomic mass is 14.2. The van der Waals surface area contributed by atoms with Crippen LogP contribution in [0, 0.1) is 0 Å². The van der Waals surface area contributed by atoms with Crippen molar-refractivity contribution in [3.05, 3.63) is 40.5 Å². The third kappa shape index (κ3) is 7.41. The highest BCUT2D eigenvalue weighted by Crippen LogP contribution is 2.29. The minimum absolute atomic E-state index is 1.18. The molecule has 0 aliphatic heterocycles. The van der Waals surface area contributed by atoms with Crippen LogP contribution < -0.4 is 0 Å². The molecule has 0 saturated heterocycles. The molecule has 0 atom stereocenters. The van der Waals surface area contributed by atoms with Crippen molar-refractivity contribution in [2.45, 2.75) is 128 Å². The first-order chi connectivity index (χ1) is 13.9. The van der Waals surface area contributed by atoms with Crippen LogP contribution in [0.3, 0.4) is 0 Å². The fourth-order valence-corrected chi connectivity index (χ4v) is 5.28. The zero-order valence-corrected chi connectivity index (χ0v) is 18.5. The van der Waals surface area contributed by atoms with E-state index in [4.69, 9.17) is 0 Å². The van der Waals surface area contributed by atoms with Gasteiger partial charge in [-0.1, -0.05) is 121 Å². The molecular formula is C28H44. The summed E-state index contributed by atoms with van der Waals surface area (Å²) in [5.41, 5.74) is 6.57. The van der Waals surface area contributed by atoms with E-state index >= 15 is 0 Å². The second-order valence-electron chi connectivity index (χ2n) is 9.39. The Balaban J connectivity index is 1.52. The van der Waals surface area contributed by atoms with Gasteiger partial charge >= 0.3 is 0 Å². The second-order valence-corrected chi connectivity index (χ2v) is 9.39. The first-order valence-electron chi connectivity index (χ1n) is 12.8. The van der Waals surface area contributed by atoms with E-state index in [1.54, 1.807) is 16.7 Å². The van der Waals surface area contributed by atoms with Gasteiger partial charge in [0.2, 0.25) is 0 Å². The quantitative estimate of drug-likeness (QED) is 0.421. The normalized spacial score (nSPS) is 21.4. The molecule has 1 aromatic carbocycles. The standard InChI is InChI=1S/C28H44/c1-2-4-6-8-10-12-14-16-19-25-23-24-26-20-18-22-28(26)27(25)21-17-15-13-11-9-7-5-3-1/h18,20,23-24H,1-17,19,21-22H2. The van der Waals surface area contributed by atoms with Crippen molar-refractivity contribution in [1.29, 1.82) is 0 Å².